The molecule has 1 amide bonds. The topological polar surface area (TPSA) is 84.7 Å². The molecule has 1 aromatic heterocycles. The molecule has 1 unspecified atom stereocenters. The SMILES string of the molecule is CNCCNC(=O)C(C(C)C)n1nnc(-c2ccccc2)n1.Cl. The molecule has 2 rings (SSSR count). The fraction of sp³-hybridized carbons (Fsp3) is 0.467. The molecular weight excluding hydrogens is 316 g/mol. The van der Waals surface area contributed by atoms with E-state index in [1.807, 2.05) is 51.2 Å². The number of carbonyl (C=O) groups excluding carboxylic acids is 1. The van der Waals surface area contributed by atoms with Gasteiger partial charge < -0.3 is 10.6 Å². The molecule has 8 heteroatoms. The number of amides is 1. The zero-order chi connectivity index (χ0) is 15.9. The summed E-state index contributed by atoms with van der Waals surface area (Å²) in [5.41, 5.74) is 0.881. The first kappa shape index (κ1) is 19.1. The predicted octanol–water partition coefficient (Wildman–Crippen LogP) is 1.29. The van der Waals surface area contributed by atoms with Gasteiger partial charge in [0.05, 0.1) is 0 Å². The van der Waals surface area contributed by atoms with Gasteiger partial charge in [0.2, 0.25) is 11.7 Å². The highest BCUT2D eigenvalue weighted by molar-refractivity contribution is 5.85. The molecule has 0 aliphatic heterocycles. The summed E-state index contributed by atoms with van der Waals surface area (Å²) in [6.45, 7) is 5.22. The third kappa shape index (κ3) is 5.01. The van der Waals surface area contributed by atoms with Gasteiger partial charge in [0.1, 0.15) is 0 Å². The van der Waals surface area contributed by atoms with Crippen LogP contribution in [0.3, 0.4) is 0 Å². The normalized spacial score (nSPS) is 11.8. The first-order valence-electron chi connectivity index (χ1n) is 7.40. The Balaban J connectivity index is 0.00000264. The average Bonchev–Trinajstić information content (AvgIpc) is 2.97. The molecule has 7 nitrogen and oxygen atoms in total. The third-order valence-electron chi connectivity index (χ3n) is 3.28. The van der Waals surface area contributed by atoms with E-state index in [-0.39, 0.29) is 24.2 Å². The zero-order valence-electron chi connectivity index (χ0n) is 13.6. The van der Waals surface area contributed by atoms with Gasteiger partial charge in [-0.3, -0.25) is 4.79 Å². The highest BCUT2D eigenvalue weighted by atomic mass is 35.5. The summed E-state index contributed by atoms with van der Waals surface area (Å²) in [5.74, 6) is 0.490. The van der Waals surface area contributed by atoms with E-state index in [9.17, 15) is 4.79 Å². The van der Waals surface area contributed by atoms with Gasteiger partial charge in [-0.15, -0.1) is 22.6 Å². The van der Waals surface area contributed by atoms with Crippen molar-refractivity contribution in [1.29, 1.82) is 0 Å². The van der Waals surface area contributed by atoms with E-state index in [1.54, 1.807) is 0 Å². The van der Waals surface area contributed by atoms with Gasteiger partial charge in [-0.25, -0.2) is 0 Å². The Bertz CT molecular complexity index is 601. The second-order valence-electron chi connectivity index (χ2n) is 5.38. The number of likely N-dealkylation sites (N-methyl/N-ethyl adjacent to an activating group) is 1. The molecule has 0 saturated heterocycles. The van der Waals surface area contributed by atoms with Gasteiger partial charge in [0, 0.05) is 18.7 Å². The van der Waals surface area contributed by atoms with Crippen LogP contribution < -0.4 is 10.6 Å². The molecule has 0 spiro atoms. The number of hydrogen-bond donors (Lipinski definition) is 2. The third-order valence-corrected chi connectivity index (χ3v) is 3.28. The minimum atomic E-state index is -0.471. The second kappa shape index (κ2) is 9.22. The van der Waals surface area contributed by atoms with Crippen LogP contribution in [-0.4, -0.2) is 46.3 Å². The molecule has 0 saturated carbocycles. The van der Waals surface area contributed by atoms with Crippen LogP contribution in [0.15, 0.2) is 30.3 Å². The largest absolute Gasteiger partial charge is 0.353 e. The fourth-order valence-corrected chi connectivity index (χ4v) is 2.14. The van der Waals surface area contributed by atoms with Crippen molar-refractivity contribution in [3.63, 3.8) is 0 Å². The lowest BCUT2D eigenvalue weighted by Crippen LogP contribution is -2.39. The van der Waals surface area contributed by atoms with Crippen molar-refractivity contribution in [2.45, 2.75) is 19.9 Å². The number of rotatable bonds is 7. The maximum Gasteiger partial charge on any atom is 0.247 e. The second-order valence-corrected chi connectivity index (χ2v) is 5.38. The van der Waals surface area contributed by atoms with Crippen molar-refractivity contribution in [3.8, 4) is 11.4 Å². The van der Waals surface area contributed by atoms with Crippen molar-refractivity contribution in [3.05, 3.63) is 30.3 Å². The fourth-order valence-electron chi connectivity index (χ4n) is 2.14. The monoisotopic (exact) mass is 338 g/mol. The Morgan fingerprint density at radius 3 is 2.52 bits per heavy atom. The van der Waals surface area contributed by atoms with Crippen LogP contribution in [0.4, 0.5) is 0 Å². The van der Waals surface area contributed by atoms with Crippen molar-refractivity contribution in [2.24, 2.45) is 5.92 Å². The Morgan fingerprint density at radius 1 is 1.22 bits per heavy atom. The quantitative estimate of drug-likeness (QED) is 0.743. The van der Waals surface area contributed by atoms with E-state index in [0.29, 0.717) is 12.4 Å². The molecular formula is C15H23ClN6O. The summed E-state index contributed by atoms with van der Waals surface area (Å²) >= 11 is 0. The molecule has 0 bridgehead atoms. The first-order valence-corrected chi connectivity index (χ1v) is 7.40. The summed E-state index contributed by atoms with van der Waals surface area (Å²) in [7, 11) is 1.84. The molecule has 23 heavy (non-hydrogen) atoms. The summed E-state index contributed by atoms with van der Waals surface area (Å²) in [4.78, 5) is 13.7. The van der Waals surface area contributed by atoms with Crippen molar-refractivity contribution in [2.75, 3.05) is 20.1 Å². The molecule has 2 aromatic rings. The molecule has 0 aliphatic rings. The summed E-state index contributed by atoms with van der Waals surface area (Å²) in [6.07, 6.45) is 0. The smallest absolute Gasteiger partial charge is 0.247 e. The maximum absolute atomic E-state index is 12.3. The van der Waals surface area contributed by atoms with Gasteiger partial charge in [-0.1, -0.05) is 44.2 Å². The highest BCUT2D eigenvalue weighted by Crippen LogP contribution is 2.18. The van der Waals surface area contributed by atoms with Crippen LogP contribution in [-0.2, 0) is 4.79 Å². The van der Waals surface area contributed by atoms with Crippen LogP contribution in [0, 0.1) is 5.92 Å². The van der Waals surface area contributed by atoms with Crippen LogP contribution in [0.2, 0.25) is 0 Å². The van der Waals surface area contributed by atoms with E-state index in [4.69, 9.17) is 0 Å². The van der Waals surface area contributed by atoms with Crippen molar-refractivity contribution in [1.82, 2.24) is 30.8 Å². The van der Waals surface area contributed by atoms with Gasteiger partial charge in [-0.2, -0.15) is 4.80 Å². The van der Waals surface area contributed by atoms with Crippen molar-refractivity contribution < 1.29 is 4.79 Å². The van der Waals surface area contributed by atoms with E-state index in [0.717, 1.165) is 12.1 Å². The maximum atomic E-state index is 12.3. The Morgan fingerprint density at radius 2 is 1.91 bits per heavy atom. The van der Waals surface area contributed by atoms with Crippen LogP contribution in [0.1, 0.15) is 19.9 Å². The van der Waals surface area contributed by atoms with Crippen LogP contribution >= 0.6 is 12.4 Å². The van der Waals surface area contributed by atoms with E-state index in [2.05, 4.69) is 26.0 Å². The number of benzene rings is 1. The number of carbonyl (C=O) groups is 1. The zero-order valence-corrected chi connectivity index (χ0v) is 14.4. The predicted molar refractivity (Wildman–Crippen MR) is 91.3 cm³/mol. The lowest BCUT2D eigenvalue weighted by atomic mass is 10.0. The van der Waals surface area contributed by atoms with Gasteiger partial charge >= 0.3 is 0 Å². The van der Waals surface area contributed by atoms with Gasteiger partial charge in [0.15, 0.2) is 6.04 Å². The van der Waals surface area contributed by atoms with E-state index in [1.165, 1.54) is 4.80 Å². The van der Waals surface area contributed by atoms with E-state index >= 15 is 0 Å². The Hall–Kier alpha value is -1.99. The molecule has 2 N–H and O–H groups in total. The Kier molecular flexibility index (Phi) is 7.64. The lowest BCUT2D eigenvalue weighted by Gasteiger charge is -2.18. The van der Waals surface area contributed by atoms with Crippen LogP contribution in [0.25, 0.3) is 11.4 Å². The lowest BCUT2D eigenvalue weighted by molar-refractivity contribution is -0.126. The number of halogens is 1. The number of nitrogens with one attached hydrogen (secondary N) is 2. The number of nitrogens with zero attached hydrogens (tertiary/aromatic N) is 4. The van der Waals surface area contributed by atoms with Crippen molar-refractivity contribution >= 4 is 18.3 Å². The standard InChI is InChI=1S/C15H22N6O.ClH/c1-11(2)13(15(22)17-10-9-16-3)21-19-14(18-20-21)12-7-5-4-6-8-12;/h4-8,11,13,16H,9-10H2,1-3H3,(H,17,22);1H. The number of aromatic nitrogens is 4. The summed E-state index contributed by atoms with van der Waals surface area (Å²) in [5, 5.41) is 18.4. The highest BCUT2D eigenvalue weighted by Gasteiger charge is 2.26. The molecule has 1 atom stereocenters. The average molecular weight is 339 g/mol. The minimum Gasteiger partial charge on any atom is -0.353 e. The molecule has 1 aromatic carbocycles. The first-order chi connectivity index (χ1) is 10.6. The molecule has 0 radical (unpaired) electrons. The number of tetrazole rings is 1. The molecule has 126 valence electrons. The molecule has 0 fully saturated rings. The van der Waals surface area contributed by atoms with Gasteiger partial charge in [0.25, 0.3) is 0 Å². The van der Waals surface area contributed by atoms with Gasteiger partial charge in [-0.05, 0) is 18.2 Å². The summed E-state index contributed by atoms with van der Waals surface area (Å²) < 4.78 is 0. The summed E-state index contributed by atoms with van der Waals surface area (Å²) in [6, 6.07) is 9.13. The number of hydrogen-bond acceptors (Lipinski definition) is 5. The Labute approximate surface area is 142 Å². The molecule has 0 aliphatic carbocycles. The molecule has 1 heterocycles. The van der Waals surface area contributed by atoms with Crippen LogP contribution in [0.5, 0.6) is 0 Å². The minimum absolute atomic E-state index is 0. The van der Waals surface area contributed by atoms with E-state index < -0.39 is 6.04 Å².